The maximum Gasteiger partial charge on any atom is 0.283 e. The van der Waals surface area contributed by atoms with Crippen LogP contribution in [0.5, 0.6) is 0 Å². The highest BCUT2D eigenvalue weighted by molar-refractivity contribution is 9.10. The van der Waals surface area contributed by atoms with E-state index in [2.05, 4.69) is 26.5 Å². The van der Waals surface area contributed by atoms with E-state index in [0.29, 0.717) is 16.7 Å². The maximum absolute atomic E-state index is 11.9. The Morgan fingerprint density at radius 3 is 2.76 bits per heavy atom. The summed E-state index contributed by atoms with van der Waals surface area (Å²) in [5.74, 6) is 0. The van der Waals surface area contributed by atoms with E-state index in [1.54, 1.807) is 10.9 Å². The van der Waals surface area contributed by atoms with Gasteiger partial charge in [0.2, 0.25) is 0 Å². The highest BCUT2D eigenvalue weighted by atomic mass is 79.9. The second-order valence-corrected chi connectivity index (χ2v) is 4.40. The summed E-state index contributed by atoms with van der Waals surface area (Å²) >= 11 is 3.30. The molecule has 0 fully saturated rings. The maximum atomic E-state index is 11.9. The first-order chi connectivity index (χ1) is 8.22. The van der Waals surface area contributed by atoms with Crippen molar-refractivity contribution < 1.29 is 0 Å². The lowest BCUT2D eigenvalue weighted by Gasteiger charge is -2.10. The average Bonchev–Trinajstić information content (AvgIpc) is 2.82. The van der Waals surface area contributed by atoms with Crippen molar-refractivity contribution in [1.82, 2.24) is 14.5 Å². The van der Waals surface area contributed by atoms with Gasteiger partial charge in [-0.05, 0) is 34.5 Å². The summed E-state index contributed by atoms with van der Waals surface area (Å²) < 4.78 is 3.70. The number of aryl methyl sites for hydroxylation is 1. The number of rotatable bonds is 4. The molecule has 0 aromatic carbocycles. The van der Waals surface area contributed by atoms with Crippen LogP contribution >= 0.6 is 15.9 Å². The minimum atomic E-state index is -0.121. The van der Waals surface area contributed by atoms with Crippen molar-refractivity contribution >= 4 is 21.6 Å². The van der Waals surface area contributed by atoms with Gasteiger partial charge in [0.1, 0.15) is 4.47 Å². The molecule has 0 radical (unpaired) electrons. The monoisotopic (exact) mass is 296 g/mol. The SMILES string of the molecule is CCCn1ncc(Nn2cccc2)c(Br)c1=O. The molecule has 0 spiro atoms. The van der Waals surface area contributed by atoms with E-state index in [1.165, 1.54) is 4.68 Å². The van der Waals surface area contributed by atoms with Crippen molar-refractivity contribution in [3.05, 3.63) is 45.5 Å². The Bertz CT molecular complexity index is 547. The van der Waals surface area contributed by atoms with Crippen molar-refractivity contribution in [1.29, 1.82) is 0 Å². The quantitative estimate of drug-likeness (QED) is 0.940. The molecule has 90 valence electrons. The first kappa shape index (κ1) is 11.9. The summed E-state index contributed by atoms with van der Waals surface area (Å²) in [6, 6.07) is 3.79. The summed E-state index contributed by atoms with van der Waals surface area (Å²) in [7, 11) is 0. The first-order valence-corrected chi connectivity index (χ1v) is 6.17. The van der Waals surface area contributed by atoms with Gasteiger partial charge in [0.15, 0.2) is 0 Å². The van der Waals surface area contributed by atoms with E-state index in [4.69, 9.17) is 0 Å². The summed E-state index contributed by atoms with van der Waals surface area (Å²) in [5.41, 5.74) is 3.59. The molecule has 0 bridgehead atoms. The van der Waals surface area contributed by atoms with Gasteiger partial charge in [-0.1, -0.05) is 6.92 Å². The minimum absolute atomic E-state index is 0.121. The van der Waals surface area contributed by atoms with Gasteiger partial charge in [-0.25, -0.2) is 4.68 Å². The Labute approximate surface area is 107 Å². The fourth-order valence-corrected chi connectivity index (χ4v) is 1.86. The molecular formula is C11H13BrN4O. The number of hydrogen-bond donors (Lipinski definition) is 1. The van der Waals surface area contributed by atoms with E-state index in [9.17, 15) is 4.79 Å². The molecule has 0 atom stereocenters. The number of anilines is 1. The standard InChI is InChI=1S/C11H13BrN4O/c1-2-5-16-11(17)10(12)9(8-13-16)14-15-6-3-4-7-15/h3-4,6-8,14H,2,5H2,1H3. The van der Waals surface area contributed by atoms with Crippen LogP contribution in [0.1, 0.15) is 13.3 Å². The van der Waals surface area contributed by atoms with Gasteiger partial charge in [-0.2, -0.15) is 5.10 Å². The van der Waals surface area contributed by atoms with Crippen molar-refractivity contribution in [3.8, 4) is 0 Å². The number of hydrogen-bond acceptors (Lipinski definition) is 3. The molecule has 6 heteroatoms. The lowest BCUT2D eigenvalue weighted by atomic mass is 10.4. The molecule has 0 saturated carbocycles. The van der Waals surface area contributed by atoms with Gasteiger partial charge in [-0.15, -0.1) is 0 Å². The zero-order valence-electron chi connectivity index (χ0n) is 9.43. The molecule has 0 saturated heterocycles. The fourth-order valence-electron chi connectivity index (χ4n) is 1.46. The second-order valence-electron chi connectivity index (χ2n) is 3.60. The first-order valence-electron chi connectivity index (χ1n) is 5.38. The second kappa shape index (κ2) is 5.18. The van der Waals surface area contributed by atoms with Gasteiger partial charge < -0.3 is 0 Å². The van der Waals surface area contributed by atoms with Gasteiger partial charge in [0.05, 0.1) is 11.9 Å². The molecule has 2 aromatic rings. The molecule has 0 aliphatic carbocycles. The van der Waals surface area contributed by atoms with Crippen LogP contribution in [0.15, 0.2) is 40.0 Å². The summed E-state index contributed by atoms with van der Waals surface area (Å²) in [6.07, 6.45) is 6.22. The van der Waals surface area contributed by atoms with Crippen molar-refractivity contribution in [2.75, 3.05) is 5.43 Å². The Morgan fingerprint density at radius 2 is 2.12 bits per heavy atom. The van der Waals surface area contributed by atoms with Crippen LogP contribution in [0.25, 0.3) is 0 Å². The van der Waals surface area contributed by atoms with E-state index in [-0.39, 0.29) is 5.56 Å². The predicted octanol–water partition coefficient (Wildman–Crippen LogP) is 2.09. The number of nitrogens with zero attached hydrogens (tertiary/aromatic N) is 3. The largest absolute Gasteiger partial charge is 0.292 e. The van der Waals surface area contributed by atoms with Crippen LogP contribution < -0.4 is 11.0 Å². The Balaban J connectivity index is 2.31. The Kier molecular flexibility index (Phi) is 3.63. The molecule has 0 aliphatic rings. The Hall–Kier alpha value is -1.56. The number of aromatic nitrogens is 3. The molecule has 0 aliphatic heterocycles. The van der Waals surface area contributed by atoms with E-state index in [1.807, 2.05) is 31.5 Å². The summed E-state index contributed by atoms with van der Waals surface area (Å²) in [5, 5.41) is 4.11. The lowest BCUT2D eigenvalue weighted by molar-refractivity contribution is 0.565. The minimum Gasteiger partial charge on any atom is -0.292 e. The van der Waals surface area contributed by atoms with Crippen LogP contribution in [-0.2, 0) is 6.54 Å². The topological polar surface area (TPSA) is 51.9 Å². The van der Waals surface area contributed by atoms with Gasteiger partial charge >= 0.3 is 0 Å². The lowest BCUT2D eigenvalue weighted by Crippen LogP contribution is -2.25. The van der Waals surface area contributed by atoms with Crippen molar-refractivity contribution in [2.24, 2.45) is 0 Å². The molecule has 2 heterocycles. The molecule has 2 rings (SSSR count). The summed E-state index contributed by atoms with van der Waals surface area (Å²) in [6.45, 7) is 2.63. The third-order valence-electron chi connectivity index (χ3n) is 2.27. The smallest absolute Gasteiger partial charge is 0.283 e. The highest BCUT2D eigenvalue weighted by Crippen LogP contribution is 2.16. The molecular weight excluding hydrogens is 284 g/mol. The molecule has 0 unspecified atom stereocenters. The van der Waals surface area contributed by atoms with E-state index < -0.39 is 0 Å². The third kappa shape index (κ3) is 2.58. The normalized spacial score (nSPS) is 10.5. The predicted molar refractivity (Wildman–Crippen MR) is 69.9 cm³/mol. The molecule has 1 N–H and O–H groups in total. The number of nitrogens with one attached hydrogen (secondary N) is 1. The van der Waals surface area contributed by atoms with Crippen molar-refractivity contribution in [2.45, 2.75) is 19.9 Å². The molecule has 2 aromatic heterocycles. The molecule has 5 nitrogen and oxygen atoms in total. The van der Waals surface area contributed by atoms with Crippen LogP contribution in [0.4, 0.5) is 5.69 Å². The van der Waals surface area contributed by atoms with Gasteiger partial charge in [0.25, 0.3) is 5.56 Å². The van der Waals surface area contributed by atoms with E-state index in [0.717, 1.165) is 6.42 Å². The zero-order chi connectivity index (χ0) is 12.3. The molecule has 17 heavy (non-hydrogen) atoms. The van der Waals surface area contributed by atoms with Crippen molar-refractivity contribution in [3.63, 3.8) is 0 Å². The Morgan fingerprint density at radius 1 is 1.41 bits per heavy atom. The van der Waals surface area contributed by atoms with Crippen LogP contribution in [0.3, 0.4) is 0 Å². The summed E-state index contributed by atoms with van der Waals surface area (Å²) in [4.78, 5) is 11.9. The third-order valence-corrected chi connectivity index (χ3v) is 3.04. The van der Waals surface area contributed by atoms with Crippen LogP contribution in [0.2, 0.25) is 0 Å². The van der Waals surface area contributed by atoms with Gasteiger partial charge in [0, 0.05) is 18.9 Å². The fraction of sp³-hybridized carbons (Fsp3) is 0.273. The highest BCUT2D eigenvalue weighted by Gasteiger charge is 2.08. The van der Waals surface area contributed by atoms with E-state index >= 15 is 0 Å². The van der Waals surface area contributed by atoms with Crippen LogP contribution in [-0.4, -0.2) is 14.5 Å². The molecule has 0 amide bonds. The van der Waals surface area contributed by atoms with Gasteiger partial charge in [-0.3, -0.25) is 14.9 Å². The number of halogens is 1. The van der Waals surface area contributed by atoms with Crippen LogP contribution in [0, 0.1) is 0 Å². The average molecular weight is 297 g/mol. The zero-order valence-corrected chi connectivity index (χ0v) is 11.0.